The van der Waals surface area contributed by atoms with Gasteiger partial charge in [0.05, 0.1) is 22.9 Å². The summed E-state index contributed by atoms with van der Waals surface area (Å²) in [5, 5.41) is 0. The van der Waals surface area contributed by atoms with Crippen LogP contribution in [0.3, 0.4) is 0 Å². The van der Waals surface area contributed by atoms with Crippen LogP contribution in [-0.4, -0.2) is 32.0 Å². The molecule has 0 atom stereocenters. The summed E-state index contributed by atoms with van der Waals surface area (Å²) >= 11 is 2.17. The summed E-state index contributed by atoms with van der Waals surface area (Å²) in [6.45, 7) is 6.46. The van der Waals surface area contributed by atoms with Gasteiger partial charge in [-0.2, -0.15) is 0 Å². The number of anilines is 1. The van der Waals surface area contributed by atoms with E-state index in [4.69, 9.17) is 14.2 Å². The number of benzene rings is 1. The van der Waals surface area contributed by atoms with E-state index in [9.17, 15) is 4.79 Å². The maximum atomic E-state index is 12.3. The third-order valence-corrected chi connectivity index (χ3v) is 3.55. The van der Waals surface area contributed by atoms with E-state index in [0.29, 0.717) is 30.3 Å². The standard InChI is InChI=1S/C14H18INO4/c1-14(2,3)20-13(17)16-5-6-19-12-7-9(15)11(18-4)8-10(12)16/h7-8H,5-6H2,1-4H3. The highest BCUT2D eigenvalue weighted by molar-refractivity contribution is 14.1. The van der Waals surface area contributed by atoms with E-state index >= 15 is 0 Å². The number of halogens is 1. The van der Waals surface area contributed by atoms with Crippen LogP contribution < -0.4 is 14.4 Å². The second kappa shape index (κ2) is 5.67. The summed E-state index contributed by atoms with van der Waals surface area (Å²) in [5.74, 6) is 1.38. The zero-order valence-electron chi connectivity index (χ0n) is 12.0. The maximum Gasteiger partial charge on any atom is 0.415 e. The fraction of sp³-hybridized carbons (Fsp3) is 0.500. The highest BCUT2D eigenvalue weighted by Crippen LogP contribution is 2.38. The molecule has 20 heavy (non-hydrogen) atoms. The molecule has 6 heteroatoms. The van der Waals surface area contributed by atoms with Crippen molar-refractivity contribution in [3.63, 3.8) is 0 Å². The van der Waals surface area contributed by atoms with E-state index in [1.807, 2.05) is 26.8 Å². The Balaban J connectivity index is 2.34. The van der Waals surface area contributed by atoms with Crippen molar-refractivity contribution in [2.75, 3.05) is 25.2 Å². The van der Waals surface area contributed by atoms with E-state index in [2.05, 4.69) is 22.6 Å². The summed E-state index contributed by atoms with van der Waals surface area (Å²) in [6.07, 6.45) is -0.370. The minimum absolute atomic E-state index is 0.370. The van der Waals surface area contributed by atoms with Crippen LogP contribution in [0.2, 0.25) is 0 Å². The number of fused-ring (bicyclic) bond motifs is 1. The number of amides is 1. The Morgan fingerprint density at radius 1 is 1.40 bits per heavy atom. The SMILES string of the molecule is COc1cc2c(cc1I)OCCN2C(=O)OC(C)(C)C. The average Bonchev–Trinajstić information content (AvgIpc) is 2.35. The number of nitrogens with zero attached hydrogens (tertiary/aromatic N) is 1. The van der Waals surface area contributed by atoms with Gasteiger partial charge in [-0.05, 0) is 49.4 Å². The third kappa shape index (κ3) is 3.28. The quantitative estimate of drug-likeness (QED) is 0.689. The first kappa shape index (κ1) is 15.2. The summed E-state index contributed by atoms with van der Waals surface area (Å²) in [4.78, 5) is 13.9. The zero-order valence-corrected chi connectivity index (χ0v) is 14.2. The molecule has 1 aliphatic heterocycles. The van der Waals surface area contributed by atoms with Crippen LogP contribution in [0.15, 0.2) is 12.1 Å². The molecule has 1 amide bonds. The van der Waals surface area contributed by atoms with Gasteiger partial charge >= 0.3 is 6.09 Å². The minimum Gasteiger partial charge on any atom is -0.496 e. The van der Waals surface area contributed by atoms with Crippen molar-refractivity contribution in [1.29, 1.82) is 0 Å². The predicted octanol–water partition coefficient (Wildman–Crippen LogP) is 3.43. The van der Waals surface area contributed by atoms with Crippen molar-refractivity contribution in [2.24, 2.45) is 0 Å². The second-order valence-electron chi connectivity index (χ2n) is 5.43. The monoisotopic (exact) mass is 391 g/mol. The fourth-order valence-corrected chi connectivity index (χ4v) is 2.54. The van der Waals surface area contributed by atoms with Crippen LogP contribution in [0.4, 0.5) is 10.5 Å². The van der Waals surface area contributed by atoms with Gasteiger partial charge in [0.25, 0.3) is 0 Å². The summed E-state index contributed by atoms with van der Waals surface area (Å²) in [7, 11) is 1.60. The largest absolute Gasteiger partial charge is 0.496 e. The molecule has 0 spiro atoms. The zero-order chi connectivity index (χ0) is 14.9. The van der Waals surface area contributed by atoms with Gasteiger partial charge in [-0.1, -0.05) is 0 Å². The maximum absolute atomic E-state index is 12.3. The molecule has 5 nitrogen and oxygen atoms in total. The lowest BCUT2D eigenvalue weighted by atomic mass is 10.2. The second-order valence-corrected chi connectivity index (χ2v) is 6.60. The molecule has 1 aromatic rings. The molecule has 0 saturated carbocycles. The number of rotatable bonds is 1. The lowest BCUT2D eigenvalue weighted by Crippen LogP contribution is -2.41. The van der Waals surface area contributed by atoms with Gasteiger partial charge in [-0.3, -0.25) is 4.90 Å². The van der Waals surface area contributed by atoms with Gasteiger partial charge in [0.15, 0.2) is 0 Å². The number of hydrogen-bond donors (Lipinski definition) is 0. The number of ether oxygens (including phenoxy) is 3. The van der Waals surface area contributed by atoms with E-state index < -0.39 is 5.60 Å². The number of methoxy groups -OCH3 is 1. The van der Waals surface area contributed by atoms with Crippen LogP contribution in [0, 0.1) is 3.57 Å². The van der Waals surface area contributed by atoms with Crippen molar-refractivity contribution in [3.05, 3.63) is 15.7 Å². The Labute approximate surface area is 132 Å². The smallest absolute Gasteiger partial charge is 0.415 e. The Morgan fingerprint density at radius 2 is 2.10 bits per heavy atom. The van der Waals surface area contributed by atoms with E-state index in [1.54, 1.807) is 18.1 Å². The Bertz CT molecular complexity index is 525. The summed E-state index contributed by atoms with van der Waals surface area (Å²) < 4.78 is 17.3. The molecule has 0 fully saturated rings. The van der Waals surface area contributed by atoms with Crippen LogP contribution in [0.1, 0.15) is 20.8 Å². The molecule has 1 aromatic carbocycles. The van der Waals surface area contributed by atoms with Crippen molar-refractivity contribution in [1.82, 2.24) is 0 Å². The predicted molar refractivity (Wildman–Crippen MR) is 84.8 cm³/mol. The Kier molecular flexibility index (Phi) is 4.31. The molecule has 2 rings (SSSR count). The molecular weight excluding hydrogens is 373 g/mol. The number of hydrogen-bond acceptors (Lipinski definition) is 4. The molecule has 0 saturated heterocycles. The van der Waals surface area contributed by atoms with E-state index in [1.165, 1.54) is 0 Å². The molecule has 0 unspecified atom stereocenters. The molecule has 1 aliphatic rings. The highest BCUT2D eigenvalue weighted by Gasteiger charge is 2.29. The normalized spacial score (nSPS) is 14.3. The van der Waals surface area contributed by atoms with E-state index in [0.717, 1.165) is 3.57 Å². The van der Waals surface area contributed by atoms with Gasteiger partial charge in [0, 0.05) is 6.07 Å². The molecule has 0 bridgehead atoms. The first-order valence-corrected chi connectivity index (χ1v) is 7.40. The van der Waals surface area contributed by atoms with Gasteiger partial charge < -0.3 is 14.2 Å². The van der Waals surface area contributed by atoms with Crippen molar-refractivity contribution in [2.45, 2.75) is 26.4 Å². The van der Waals surface area contributed by atoms with Gasteiger partial charge in [0.2, 0.25) is 0 Å². The first-order valence-electron chi connectivity index (χ1n) is 6.32. The topological polar surface area (TPSA) is 48.0 Å². The third-order valence-electron chi connectivity index (χ3n) is 2.71. The Morgan fingerprint density at radius 3 is 2.70 bits per heavy atom. The van der Waals surface area contributed by atoms with Crippen LogP contribution in [0.5, 0.6) is 11.5 Å². The molecule has 0 aliphatic carbocycles. The summed E-state index contributed by atoms with van der Waals surface area (Å²) in [6, 6.07) is 3.67. The molecule has 1 heterocycles. The average molecular weight is 391 g/mol. The van der Waals surface area contributed by atoms with Crippen molar-refractivity contribution < 1.29 is 19.0 Å². The lowest BCUT2D eigenvalue weighted by molar-refractivity contribution is 0.0567. The fourth-order valence-electron chi connectivity index (χ4n) is 1.88. The van der Waals surface area contributed by atoms with Crippen LogP contribution in [0.25, 0.3) is 0 Å². The van der Waals surface area contributed by atoms with Gasteiger partial charge in [0.1, 0.15) is 23.7 Å². The number of carbonyl (C=O) groups is 1. The van der Waals surface area contributed by atoms with Crippen molar-refractivity contribution in [3.8, 4) is 11.5 Å². The molecule has 0 N–H and O–H groups in total. The number of carbonyl (C=O) groups excluding carboxylic acids is 1. The van der Waals surface area contributed by atoms with Gasteiger partial charge in [-0.25, -0.2) is 4.79 Å². The lowest BCUT2D eigenvalue weighted by Gasteiger charge is -2.32. The molecule has 110 valence electrons. The van der Waals surface area contributed by atoms with Crippen molar-refractivity contribution >= 4 is 34.4 Å². The molecular formula is C14H18INO4. The first-order chi connectivity index (χ1) is 9.31. The minimum atomic E-state index is -0.525. The molecule has 0 radical (unpaired) electrons. The van der Waals surface area contributed by atoms with Crippen LogP contribution in [-0.2, 0) is 4.74 Å². The summed E-state index contributed by atoms with van der Waals surface area (Å²) in [5.41, 5.74) is 0.158. The highest BCUT2D eigenvalue weighted by atomic mass is 127. The van der Waals surface area contributed by atoms with E-state index in [-0.39, 0.29) is 6.09 Å². The Hall–Kier alpha value is -1.18. The van der Waals surface area contributed by atoms with Gasteiger partial charge in [-0.15, -0.1) is 0 Å². The van der Waals surface area contributed by atoms with Crippen LogP contribution >= 0.6 is 22.6 Å². The molecule has 0 aromatic heterocycles.